The SMILES string of the molecule is C[C@@H]1N[C@H](C(=O)NN=Cc2ccc([N+](=O)[O-])cc2)Cc2c1[nH]c1ccccc21. The van der Waals surface area contributed by atoms with Gasteiger partial charge in [-0.2, -0.15) is 5.10 Å². The molecule has 3 N–H and O–H groups in total. The van der Waals surface area contributed by atoms with Crippen LogP contribution in [0.5, 0.6) is 0 Å². The molecule has 2 atom stereocenters. The quantitative estimate of drug-likeness (QED) is 0.369. The summed E-state index contributed by atoms with van der Waals surface area (Å²) in [5.74, 6) is -0.221. The van der Waals surface area contributed by atoms with Crippen molar-refractivity contribution in [3.8, 4) is 0 Å². The Balaban J connectivity index is 1.45. The number of fused-ring (bicyclic) bond motifs is 3. The summed E-state index contributed by atoms with van der Waals surface area (Å²) in [5, 5.41) is 19.1. The number of aromatic amines is 1. The van der Waals surface area contributed by atoms with Crippen LogP contribution >= 0.6 is 0 Å². The number of carbonyl (C=O) groups is 1. The highest BCUT2D eigenvalue weighted by Gasteiger charge is 2.30. The van der Waals surface area contributed by atoms with E-state index in [1.165, 1.54) is 18.3 Å². The minimum absolute atomic E-state index is 0.0103. The number of benzene rings is 2. The molecule has 28 heavy (non-hydrogen) atoms. The van der Waals surface area contributed by atoms with E-state index >= 15 is 0 Å². The number of rotatable bonds is 4. The highest BCUT2D eigenvalue weighted by atomic mass is 16.6. The fraction of sp³-hybridized carbons (Fsp3) is 0.200. The molecule has 4 rings (SSSR count). The first-order valence-corrected chi connectivity index (χ1v) is 8.96. The Hall–Kier alpha value is -3.52. The minimum Gasteiger partial charge on any atom is -0.357 e. The summed E-state index contributed by atoms with van der Waals surface area (Å²) in [4.78, 5) is 26.2. The van der Waals surface area contributed by atoms with E-state index in [0.717, 1.165) is 22.2 Å². The molecule has 2 heterocycles. The van der Waals surface area contributed by atoms with Crippen molar-refractivity contribution in [2.24, 2.45) is 5.10 Å². The third-order valence-electron chi connectivity index (χ3n) is 4.95. The molecule has 0 radical (unpaired) electrons. The lowest BCUT2D eigenvalue weighted by atomic mass is 9.94. The highest BCUT2D eigenvalue weighted by molar-refractivity contribution is 5.89. The van der Waals surface area contributed by atoms with Gasteiger partial charge in [0.2, 0.25) is 0 Å². The lowest BCUT2D eigenvalue weighted by Crippen LogP contribution is -2.47. The predicted molar refractivity (Wildman–Crippen MR) is 106 cm³/mol. The summed E-state index contributed by atoms with van der Waals surface area (Å²) in [6, 6.07) is 13.6. The van der Waals surface area contributed by atoms with E-state index in [0.29, 0.717) is 12.0 Å². The molecule has 0 spiro atoms. The summed E-state index contributed by atoms with van der Waals surface area (Å²) in [5.41, 5.74) is 6.56. The Bertz CT molecular complexity index is 1070. The maximum absolute atomic E-state index is 12.6. The second-order valence-electron chi connectivity index (χ2n) is 6.79. The van der Waals surface area contributed by atoms with Gasteiger partial charge in [0.15, 0.2) is 0 Å². The number of carbonyl (C=O) groups excluding carboxylic acids is 1. The highest BCUT2D eigenvalue weighted by Crippen LogP contribution is 2.31. The van der Waals surface area contributed by atoms with Crippen LogP contribution in [0.1, 0.15) is 29.8 Å². The standard InChI is InChI=1S/C20H19N5O3/c1-12-19-16(15-4-2-3-5-17(15)23-19)10-18(22-12)20(26)24-21-11-13-6-8-14(9-7-13)25(27)28/h2-9,11-12,18,22-23H,10H2,1H3,(H,24,26)/t12-,18-/m0/s1. The molecule has 1 aliphatic rings. The molecule has 0 bridgehead atoms. The molecule has 142 valence electrons. The van der Waals surface area contributed by atoms with Crippen molar-refractivity contribution in [2.75, 3.05) is 0 Å². The molecule has 1 aliphatic heterocycles. The first-order chi connectivity index (χ1) is 13.5. The van der Waals surface area contributed by atoms with E-state index in [9.17, 15) is 14.9 Å². The van der Waals surface area contributed by atoms with Gasteiger partial charge >= 0.3 is 0 Å². The molecule has 8 heteroatoms. The van der Waals surface area contributed by atoms with E-state index in [1.54, 1.807) is 12.1 Å². The number of hydrogen-bond acceptors (Lipinski definition) is 5. The molecule has 1 amide bonds. The van der Waals surface area contributed by atoms with Crippen molar-refractivity contribution in [2.45, 2.75) is 25.4 Å². The fourth-order valence-corrected chi connectivity index (χ4v) is 3.56. The predicted octanol–water partition coefficient (Wildman–Crippen LogP) is 2.80. The van der Waals surface area contributed by atoms with Gasteiger partial charge in [-0.1, -0.05) is 18.2 Å². The molecule has 3 aromatic rings. The van der Waals surface area contributed by atoms with Gasteiger partial charge in [-0.3, -0.25) is 20.2 Å². The summed E-state index contributed by atoms with van der Waals surface area (Å²) in [6.07, 6.45) is 2.04. The average Bonchev–Trinajstić information content (AvgIpc) is 3.08. The first kappa shape index (κ1) is 17.9. The number of nitro groups is 1. The van der Waals surface area contributed by atoms with Crippen LogP contribution in [0.3, 0.4) is 0 Å². The molecule has 8 nitrogen and oxygen atoms in total. The summed E-state index contributed by atoms with van der Waals surface area (Å²) in [6.45, 7) is 2.02. The number of para-hydroxylation sites is 1. The number of nitrogens with zero attached hydrogens (tertiary/aromatic N) is 2. The molecule has 0 unspecified atom stereocenters. The van der Waals surface area contributed by atoms with Gasteiger partial charge in [0.25, 0.3) is 11.6 Å². The smallest absolute Gasteiger partial charge is 0.269 e. The van der Waals surface area contributed by atoms with Gasteiger partial charge in [0.05, 0.1) is 17.2 Å². The monoisotopic (exact) mass is 377 g/mol. The average molecular weight is 377 g/mol. The van der Waals surface area contributed by atoms with Crippen LogP contribution in [-0.2, 0) is 11.2 Å². The van der Waals surface area contributed by atoms with E-state index < -0.39 is 11.0 Å². The molecule has 1 aromatic heterocycles. The maximum Gasteiger partial charge on any atom is 0.269 e. The van der Waals surface area contributed by atoms with Gasteiger partial charge in [-0.25, -0.2) is 5.43 Å². The van der Waals surface area contributed by atoms with Crippen LogP contribution in [0.15, 0.2) is 53.6 Å². The van der Waals surface area contributed by atoms with Crippen molar-refractivity contribution in [1.29, 1.82) is 0 Å². The maximum atomic E-state index is 12.6. The summed E-state index contributed by atoms with van der Waals surface area (Å²) >= 11 is 0. The van der Waals surface area contributed by atoms with Gasteiger partial charge in [0, 0.05) is 34.8 Å². The molecular formula is C20H19N5O3. The lowest BCUT2D eigenvalue weighted by Gasteiger charge is -2.27. The number of hydrogen-bond donors (Lipinski definition) is 3. The Kier molecular flexibility index (Phi) is 4.62. The zero-order valence-corrected chi connectivity index (χ0v) is 15.2. The number of amides is 1. The van der Waals surface area contributed by atoms with Crippen molar-refractivity contribution < 1.29 is 9.72 Å². The summed E-state index contributed by atoms with van der Waals surface area (Å²) in [7, 11) is 0. The van der Waals surface area contributed by atoms with E-state index in [4.69, 9.17) is 0 Å². The lowest BCUT2D eigenvalue weighted by molar-refractivity contribution is -0.384. The van der Waals surface area contributed by atoms with Gasteiger partial charge < -0.3 is 4.98 Å². The van der Waals surface area contributed by atoms with E-state index in [2.05, 4.69) is 26.9 Å². The van der Waals surface area contributed by atoms with Crippen molar-refractivity contribution in [3.05, 3.63) is 75.5 Å². The van der Waals surface area contributed by atoms with Crippen LogP contribution in [-0.4, -0.2) is 28.1 Å². The van der Waals surface area contributed by atoms with Crippen LogP contribution in [0.25, 0.3) is 10.9 Å². The normalized spacial score (nSPS) is 18.9. The number of aromatic nitrogens is 1. The zero-order valence-electron chi connectivity index (χ0n) is 15.2. The molecular weight excluding hydrogens is 358 g/mol. The van der Waals surface area contributed by atoms with Crippen molar-refractivity contribution in [1.82, 2.24) is 15.7 Å². The minimum atomic E-state index is -0.461. The number of nitrogens with one attached hydrogen (secondary N) is 3. The van der Waals surface area contributed by atoms with Gasteiger partial charge in [0.1, 0.15) is 0 Å². The Morgan fingerprint density at radius 2 is 2.00 bits per heavy atom. The number of hydrazone groups is 1. The molecule has 2 aromatic carbocycles. The Morgan fingerprint density at radius 3 is 2.75 bits per heavy atom. The second kappa shape index (κ2) is 7.24. The van der Waals surface area contributed by atoms with Crippen LogP contribution < -0.4 is 10.7 Å². The van der Waals surface area contributed by atoms with E-state index in [1.807, 2.05) is 25.1 Å². The molecule has 0 saturated carbocycles. The molecule has 0 fully saturated rings. The van der Waals surface area contributed by atoms with Crippen molar-refractivity contribution >= 4 is 28.7 Å². The largest absolute Gasteiger partial charge is 0.357 e. The first-order valence-electron chi connectivity index (χ1n) is 8.96. The Labute approximate surface area is 160 Å². The van der Waals surface area contributed by atoms with Gasteiger partial charge in [-0.15, -0.1) is 0 Å². The van der Waals surface area contributed by atoms with E-state index in [-0.39, 0.29) is 17.6 Å². The zero-order chi connectivity index (χ0) is 19.7. The summed E-state index contributed by atoms with van der Waals surface area (Å²) < 4.78 is 0. The van der Waals surface area contributed by atoms with Crippen LogP contribution in [0.4, 0.5) is 5.69 Å². The molecule has 0 saturated heterocycles. The third kappa shape index (κ3) is 3.37. The Morgan fingerprint density at radius 1 is 1.25 bits per heavy atom. The topological polar surface area (TPSA) is 112 Å². The van der Waals surface area contributed by atoms with Gasteiger partial charge in [-0.05, 0) is 42.7 Å². The third-order valence-corrected chi connectivity index (χ3v) is 4.95. The van der Waals surface area contributed by atoms with Crippen LogP contribution in [0.2, 0.25) is 0 Å². The van der Waals surface area contributed by atoms with Crippen LogP contribution in [0, 0.1) is 10.1 Å². The number of non-ortho nitro benzene ring substituents is 1. The molecule has 0 aliphatic carbocycles. The number of H-pyrrole nitrogens is 1. The fourth-order valence-electron chi connectivity index (χ4n) is 3.56. The second-order valence-corrected chi connectivity index (χ2v) is 6.79. The number of nitro benzene ring substituents is 1. The van der Waals surface area contributed by atoms with Crippen molar-refractivity contribution in [3.63, 3.8) is 0 Å².